The summed E-state index contributed by atoms with van der Waals surface area (Å²) in [7, 11) is 0. The Morgan fingerprint density at radius 2 is 1.82 bits per heavy atom. The Bertz CT molecular complexity index is 480. The number of aryl methyl sites for hydroxylation is 1. The van der Waals surface area contributed by atoms with Gasteiger partial charge in [0, 0.05) is 9.75 Å². The van der Waals surface area contributed by atoms with Crippen LogP contribution in [0.1, 0.15) is 43.6 Å². The molecule has 0 unspecified atom stereocenters. The lowest BCUT2D eigenvalue weighted by atomic mass is 10.0. The van der Waals surface area contributed by atoms with Gasteiger partial charge in [-0.1, -0.05) is 51.5 Å². The van der Waals surface area contributed by atoms with E-state index in [1.807, 2.05) is 11.3 Å². The zero-order valence-corrected chi connectivity index (χ0v) is 11.7. The molecule has 1 aromatic carbocycles. The Kier molecular flexibility index (Phi) is 4.01. The molecule has 0 radical (unpaired) electrons. The summed E-state index contributed by atoms with van der Waals surface area (Å²) in [6.45, 7) is 6.76. The van der Waals surface area contributed by atoms with Gasteiger partial charge in [0.2, 0.25) is 0 Å². The van der Waals surface area contributed by atoms with Crippen molar-refractivity contribution in [2.75, 3.05) is 0 Å². The molecule has 90 valence electrons. The van der Waals surface area contributed by atoms with E-state index in [0.29, 0.717) is 5.92 Å². The topological polar surface area (TPSA) is 0 Å². The largest absolute Gasteiger partial charge is 0.140 e. The summed E-state index contributed by atoms with van der Waals surface area (Å²) < 4.78 is 0. The maximum absolute atomic E-state index is 2.27. The highest BCUT2D eigenvalue weighted by Crippen LogP contribution is 2.34. The minimum absolute atomic E-state index is 0.632. The first-order valence-electron chi connectivity index (χ1n) is 6.40. The van der Waals surface area contributed by atoms with Crippen LogP contribution in [0.25, 0.3) is 10.4 Å². The third kappa shape index (κ3) is 2.78. The molecular weight excluding hydrogens is 224 g/mol. The fourth-order valence-electron chi connectivity index (χ4n) is 2.06. The molecule has 0 saturated carbocycles. The monoisotopic (exact) mass is 244 g/mol. The summed E-state index contributed by atoms with van der Waals surface area (Å²) in [6.07, 6.45) is 2.38. The van der Waals surface area contributed by atoms with Crippen LogP contribution >= 0.6 is 11.3 Å². The fourth-order valence-corrected chi connectivity index (χ4v) is 3.13. The minimum Gasteiger partial charge on any atom is -0.140 e. The van der Waals surface area contributed by atoms with E-state index < -0.39 is 0 Å². The van der Waals surface area contributed by atoms with E-state index in [4.69, 9.17) is 0 Å². The smallest absolute Gasteiger partial charge is 0.0348 e. The predicted molar refractivity (Wildman–Crippen MR) is 77.8 cm³/mol. The normalized spacial score (nSPS) is 11.1. The quantitative estimate of drug-likeness (QED) is 0.667. The van der Waals surface area contributed by atoms with Gasteiger partial charge < -0.3 is 0 Å². The summed E-state index contributed by atoms with van der Waals surface area (Å²) in [6, 6.07) is 13.3. The molecule has 0 nitrogen and oxygen atoms in total. The maximum atomic E-state index is 2.27. The van der Waals surface area contributed by atoms with Crippen LogP contribution in [0.3, 0.4) is 0 Å². The first-order chi connectivity index (χ1) is 8.22. The van der Waals surface area contributed by atoms with Crippen molar-refractivity contribution in [3.8, 4) is 10.4 Å². The summed E-state index contributed by atoms with van der Waals surface area (Å²) in [4.78, 5) is 2.89. The van der Waals surface area contributed by atoms with Crippen LogP contribution in [0.2, 0.25) is 0 Å². The molecule has 0 atom stereocenters. The molecular formula is C16H20S. The van der Waals surface area contributed by atoms with Gasteiger partial charge >= 0.3 is 0 Å². The van der Waals surface area contributed by atoms with Crippen molar-refractivity contribution in [1.82, 2.24) is 0 Å². The fraction of sp³-hybridized carbons (Fsp3) is 0.375. The van der Waals surface area contributed by atoms with Crippen LogP contribution in [-0.2, 0) is 6.42 Å². The first-order valence-corrected chi connectivity index (χ1v) is 7.22. The summed E-state index contributed by atoms with van der Waals surface area (Å²) in [5, 5.41) is 0. The maximum Gasteiger partial charge on any atom is 0.0348 e. The van der Waals surface area contributed by atoms with Crippen LogP contribution < -0.4 is 0 Å². The third-order valence-corrected chi connectivity index (χ3v) is 4.42. The van der Waals surface area contributed by atoms with E-state index in [1.165, 1.54) is 33.7 Å². The first kappa shape index (κ1) is 12.4. The van der Waals surface area contributed by atoms with Gasteiger partial charge in [0.15, 0.2) is 0 Å². The Balaban J connectivity index is 2.38. The highest BCUT2D eigenvalue weighted by atomic mass is 32.1. The van der Waals surface area contributed by atoms with Crippen LogP contribution in [0.15, 0.2) is 36.4 Å². The zero-order valence-electron chi connectivity index (χ0n) is 10.9. The second kappa shape index (κ2) is 5.50. The van der Waals surface area contributed by atoms with Crippen LogP contribution in [0, 0.1) is 0 Å². The van der Waals surface area contributed by atoms with Gasteiger partial charge in [0.25, 0.3) is 0 Å². The van der Waals surface area contributed by atoms with Gasteiger partial charge in [0.05, 0.1) is 0 Å². The molecule has 0 aliphatic carbocycles. The lowest BCUT2D eigenvalue weighted by Gasteiger charge is -2.06. The van der Waals surface area contributed by atoms with Crippen molar-refractivity contribution in [3.63, 3.8) is 0 Å². The SMILES string of the molecule is CCCc1ccccc1-c1ccc(C(C)C)s1. The molecule has 0 fully saturated rings. The molecule has 1 heteroatoms. The van der Waals surface area contributed by atoms with E-state index in [-0.39, 0.29) is 0 Å². The second-order valence-corrected chi connectivity index (χ2v) is 5.88. The Morgan fingerprint density at radius 3 is 2.47 bits per heavy atom. The molecule has 0 aliphatic heterocycles. The molecule has 0 amide bonds. The number of benzene rings is 1. The minimum atomic E-state index is 0.632. The Morgan fingerprint density at radius 1 is 1.06 bits per heavy atom. The second-order valence-electron chi connectivity index (χ2n) is 4.76. The van der Waals surface area contributed by atoms with Gasteiger partial charge in [-0.3, -0.25) is 0 Å². The summed E-state index contributed by atoms with van der Waals surface area (Å²) in [5.41, 5.74) is 2.90. The van der Waals surface area contributed by atoms with Crippen molar-refractivity contribution < 1.29 is 0 Å². The molecule has 0 saturated heterocycles. The van der Waals surface area contributed by atoms with E-state index in [1.54, 1.807) is 0 Å². The van der Waals surface area contributed by atoms with E-state index in [2.05, 4.69) is 57.2 Å². The van der Waals surface area contributed by atoms with Crippen LogP contribution in [0.5, 0.6) is 0 Å². The van der Waals surface area contributed by atoms with Crippen molar-refractivity contribution in [2.24, 2.45) is 0 Å². The predicted octanol–water partition coefficient (Wildman–Crippen LogP) is 5.49. The Hall–Kier alpha value is -1.08. The van der Waals surface area contributed by atoms with E-state index in [0.717, 1.165) is 0 Å². The summed E-state index contributed by atoms with van der Waals surface area (Å²) in [5.74, 6) is 0.632. The average molecular weight is 244 g/mol. The standard InChI is InChI=1S/C16H20S/c1-4-7-13-8-5-6-9-14(13)16-11-10-15(17-16)12(2)3/h5-6,8-12H,4,7H2,1-3H3. The van der Waals surface area contributed by atoms with Crippen molar-refractivity contribution >= 4 is 11.3 Å². The van der Waals surface area contributed by atoms with E-state index in [9.17, 15) is 0 Å². The highest BCUT2D eigenvalue weighted by Gasteiger charge is 2.08. The average Bonchev–Trinajstić information content (AvgIpc) is 2.79. The van der Waals surface area contributed by atoms with Gasteiger partial charge in [-0.05, 0) is 35.6 Å². The van der Waals surface area contributed by atoms with Crippen molar-refractivity contribution in [1.29, 1.82) is 0 Å². The third-order valence-electron chi connectivity index (χ3n) is 3.00. The van der Waals surface area contributed by atoms with Crippen molar-refractivity contribution in [2.45, 2.75) is 39.5 Å². The number of hydrogen-bond donors (Lipinski definition) is 0. The molecule has 1 aromatic heterocycles. The molecule has 0 bridgehead atoms. The summed E-state index contributed by atoms with van der Waals surface area (Å²) >= 11 is 1.93. The molecule has 2 rings (SSSR count). The zero-order chi connectivity index (χ0) is 12.3. The van der Waals surface area contributed by atoms with Gasteiger partial charge in [0.1, 0.15) is 0 Å². The molecule has 2 aromatic rings. The van der Waals surface area contributed by atoms with Gasteiger partial charge in [-0.15, -0.1) is 11.3 Å². The number of hydrogen-bond acceptors (Lipinski definition) is 1. The Labute approximate surface area is 108 Å². The van der Waals surface area contributed by atoms with Gasteiger partial charge in [-0.2, -0.15) is 0 Å². The molecule has 1 heterocycles. The lowest BCUT2D eigenvalue weighted by Crippen LogP contribution is -1.86. The van der Waals surface area contributed by atoms with E-state index >= 15 is 0 Å². The number of rotatable bonds is 4. The molecule has 0 N–H and O–H groups in total. The number of thiophene rings is 1. The molecule has 0 aliphatic rings. The molecule has 17 heavy (non-hydrogen) atoms. The van der Waals surface area contributed by atoms with Crippen LogP contribution in [0.4, 0.5) is 0 Å². The van der Waals surface area contributed by atoms with Crippen LogP contribution in [-0.4, -0.2) is 0 Å². The lowest BCUT2D eigenvalue weighted by molar-refractivity contribution is 0.890. The highest BCUT2D eigenvalue weighted by molar-refractivity contribution is 7.15. The molecule has 0 spiro atoms. The van der Waals surface area contributed by atoms with Gasteiger partial charge in [-0.25, -0.2) is 0 Å². The van der Waals surface area contributed by atoms with Crippen molar-refractivity contribution in [3.05, 3.63) is 46.8 Å².